The molecule has 1 saturated carbocycles. The van der Waals surface area contributed by atoms with Crippen molar-refractivity contribution in [2.45, 2.75) is 44.6 Å². The smallest absolute Gasteiger partial charge is 0.253 e. The van der Waals surface area contributed by atoms with E-state index in [4.69, 9.17) is 11.6 Å². The molecule has 2 fully saturated rings. The number of amides is 1. The summed E-state index contributed by atoms with van der Waals surface area (Å²) in [5.74, 6) is 0.102. The van der Waals surface area contributed by atoms with E-state index in [1.165, 1.54) is 62.0 Å². The summed E-state index contributed by atoms with van der Waals surface area (Å²) in [7, 11) is 0. The number of rotatable bonds is 3. The highest BCUT2D eigenvalue weighted by Crippen LogP contribution is 2.28. The molecule has 0 N–H and O–H groups in total. The van der Waals surface area contributed by atoms with Crippen molar-refractivity contribution in [2.75, 3.05) is 44.2 Å². The zero-order valence-corrected chi connectivity index (χ0v) is 19.0. The third-order valence-corrected chi connectivity index (χ3v) is 7.64. The molecule has 0 unspecified atom stereocenters. The van der Waals surface area contributed by atoms with Gasteiger partial charge in [-0.3, -0.25) is 9.69 Å². The van der Waals surface area contributed by atoms with Gasteiger partial charge in [0, 0.05) is 61.6 Å². The Kier molecular flexibility index (Phi) is 6.20. The topological polar surface area (TPSA) is 26.8 Å². The van der Waals surface area contributed by atoms with Crippen molar-refractivity contribution >= 4 is 23.2 Å². The Hall–Kier alpha value is -2.04. The van der Waals surface area contributed by atoms with Gasteiger partial charge in [0.15, 0.2) is 0 Å². The van der Waals surface area contributed by atoms with E-state index in [2.05, 4.69) is 28.0 Å². The van der Waals surface area contributed by atoms with Crippen LogP contribution in [0.15, 0.2) is 42.5 Å². The number of hydrogen-bond donors (Lipinski definition) is 0. The summed E-state index contributed by atoms with van der Waals surface area (Å²) in [5.41, 5.74) is 5.08. The lowest BCUT2D eigenvalue weighted by atomic mass is 10.0. The van der Waals surface area contributed by atoms with Crippen molar-refractivity contribution in [3.05, 3.63) is 64.2 Å². The van der Waals surface area contributed by atoms with Gasteiger partial charge in [0.2, 0.25) is 0 Å². The predicted molar refractivity (Wildman–Crippen MR) is 127 cm³/mol. The van der Waals surface area contributed by atoms with Crippen LogP contribution in [0.2, 0.25) is 5.02 Å². The van der Waals surface area contributed by atoms with Crippen LogP contribution in [0.3, 0.4) is 0 Å². The lowest BCUT2D eigenvalue weighted by molar-refractivity contribution is 0.0747. The van der Waals surface area contributed by atoms with Crippen molar-refractivity contribution in [3.8, 4) is 0 Å². The lowest BCUT2D eigenvalue weighted by Crippen LogP contribution is -2.48. The van der Waals surface area contributed by atoms with Crippen molar-refractivity contribution < 1.29 is 4.79 Å². The quantitative estimate of drug-likeness (QED) is 0.699. The summed E-state index contributed by atoms with van der Waals surface area (Å²) in [6.45, 7) is 5.69. The molecule has 0 aromatic heterocycles. The second-order valence-corrected chi connectivity index (χ2v) is 9.65. The Balaban J connectivity index is 1.21. The van der Waals surface area contributed by atoms with Crippen molar-refractivity contribution in [1.82, 2.24) is 9.80 Å². The van der Waals surface area contributed by atoms with Crippen molar-refractivity contribution in [3.63, 3.8) is 0 Å². The van der Waals surface area contributed by atoms with Gasteiger partial charge >= 0.3 is 0 Å². The Morgan fingerprint density at radius 1 is 0.806 bits per heavy atom. The number of fused-ring (bicyclic) bond motifs is 1. The van der Waals surface area contributed by atoms with E-state index in [-0.39, 0.29) is 5.91 Å². The fraction of sp³-hybridized carbons (Fsp3) is 0.500. The summed E-state index contributed by atoms with van der Waals surface area (Å²) in [4.78, 5) is 19.9. The molecule has 3 aliphatic rings. The highest BCUT2D eigenvalue weighted by atomic mass is 35.5. The maximum Gasteiger partial charge on any atom is 0.253 e. The first-order chi connectivity index (χ1) is 15.2. The van der Waals surface area contributed by atoms with Crippen LogP contribution in [0.4, 0.5) is 5.69 Å². The van der Waals surface area contributed by atoms with Crippen LogP contribution in [0.5, 0.6) is 0 Å². The summed E-state index contributed by atoms with van der Waals surface area (Å²) in [6.07, 6.45) is 7.93. The maximum absolute atomic E-state index is 12.8. The van der Waals surface area contributed by atoms with Gasteiger partial charge in [-0.15, -0.1) is 0 Å². The summed E-state index contributed by atoms with van der Waals surface area (Å²) in [6, 6.07) is 15.1. The fourth-order valence-electron chi connectivity index (χ4n) is 5.50. The summed E-state index contributed by atoms with van der Waals surface area (Å²) >= 11 is 5.96. The first-order valence-corrected chi connectivity index (χ1v) is 12.2. The third-order valence-electron chi connectivity index (χ3n) is 7.39. The van der Waals surface area contributed by atoms with Crippen LogP contribution in [0.1, 0.15) is 47.2 Å². The Bertz CT molecular complexity index is 915. The van der Waals surface area contributed by atoms with Crippen molar-refractivity contribution in [1.29, 1.82) is 0 Å². The molecule has 31 heavy (non-hydrogen) atoms. The molecule has 2 aliphatic heterocycles. The van der Waals surface area contributed by atoms with Gasteiger partial charge in [-0.2, -0.15) is 0 Å². The molecule has 1 aliphatic carbocycles. The molecular weight excluding hydrogens is 406 g/mol. The largest absolute Gasteiger partial charge is 0.368 e. The molecule has 1 amide bonds. The number of carbonyl (C=O) groups excluding carboxylic acids is 1. The molecule has 2 heterocycles. The molecular formula is C26H32ClN3O. The standard InChI is InChI=1S/C26H32ClN3O/c27-23-8-5-21(6-9-23)26(31)30-17-15-29(16-18-30)25-10-7-20-11-13-28(14-12-22(20)19-25)24-3-1-2-4-24/h5-10,19,24H,1-4,11-18H2. The van der Waals surface area contributed by atoms with Crippen LogP contribution in [0.25, 0.3) is 0 Å². The average molecular weight is 438 g/mol. The normalized spacial score (nSPS) is 20.5. The first-order valence-electron chi connectivity index (χ1n) is 11.8. The molecule has 1 saturated heterocycles. The zero-order chi connectivity index (χ0) is 21.2. The van der Waals surface area contributed by atoms with Crippen LogP contribution in [-0.4, -0.2) is 61.0 Å². The summed E-state index contributed by atoms with van der Waals surface area (Å²) < 4.78 is 0. The minimum atomic E-state index is 0.102. The van der Waals surface area contributed by atoms with Gasteiger partial charge < -0.3 is 9.80 Å². The molecule has 0 spiro atoms. The van der Waals surface area contributed by atoms with E-state index in [0.717, 1.165) is 44.2 Å². The zero-order valence-electron chi connectivity index (χ0n) is 18.2. The van der Waals surface area contributed by atoms with Gasteiger partial charge in [0.05, 0.1) is 0 Å². The minimum absolute atomic E-state index is 0.102. The Labute approximate surface area is 190 Å². The SMILES string of the molecule is O=C(c1ccc(Cl)cc1)N1CCN(c2ccc3c(c2)CCN(C2CCCC2)CC3)CC1. The van der Waals surface area contributed by atoms with Crippen LogP contribution in [0, 0.1) is 0 Å². The fourth-order valence-corrected chi connectivity index (χ4v) is 5.63. The highest BCUT2D eigenvalue weighted by molar-refractivity contribution is 6.30. The Morgan fingerprint density at radius 2 is 1.48 bits per heavy atom. The number of hydrogen-bond acceptors (Lipinski definition) is 3. The minimum Gasteiger partial charge on any atom is -0.368 e. The molecule has 2 aromatic rings. The summed E-state index contributed by atoms with van der Waals surface area (Å²) in [5, 5.41) is 0.663. The average Bonchev–Trinajstić information content (AvgIpc) is 3.26. The number of piperazine rings is 1. The van der Waals surface area contributed by atoms with Gasteiger partial charge in [-0.05, 0) is 73.2 Å². The van der Waals surface area contributed by atoms with E-state index in [0.29, 0.717) is 5.02 Å². The molecule has 0 bridgehead atoms. The van der Waals surface area contributed by atoms with Gasteiger partial charge in [0.25, 0.3) is 5.91 Å². The van der Waals surface area contributed by atoms with Gasteiger partial charge in [-0.25, -0.2) is 0 Å². The number of halogens is 1. The van der Waals surface area contributed by atoms with Gasteiger partial charge in [-0.1, -0.05) is 30.5 Å². The molecule has 0 radical (unpaired) electrons. The van der Waals surface area contributed by atoms with E-state index in [9.17, 15) is 4.79 Å². The first kappa shape index (κ1) is 20.8. The third kappa shape index (κ3) is 4.61. The number of nitrogens with zero attached hydrogens (tertiary/aromatic N) is 3. The van der Waals surface area contributed by atoms with E-state index in [1.54, 1.807) is 12.1 Å². The Morgan fingerprint density at radius 3 is 2.19 bits per heavy atom. The monoisotopic (exact) mass is 437 g/mol. The highest BCUT2D eigenvalue weighted by Gasteiger charge is 2.26. The molecule has 5 rings (SSSR count). The predicted octanol–water partition coefficient (Wildman–Crippen LogP) is 4.65. The van der Waals surface area contributed by atoms with Crippen LogP contribution < -0.4 is 4.90 Å². The van der Waals surface area contributed by atoms with Crippen molar-refractivity contribution in [2.24, 2.45) is 0 Å². The molecule has 0 atom stereocenters. The van der Waals surface area contributed by atoms with Gasteiger partial charge in [0.1, 0.15) is 0 Å². The number of carbonyl (C=O) groups is 1. The lowest BCUT2D eigenvalue weighted by Gasteiger charge is -2.36. The van der Waals surface area contributed by atoms with E-state index >= 15 is 0 Å². The second-order valence-electron chi connectivity index (χ2n) is 9.21. The molecule has 5 heteroatoms. The number of benzene rings is 2. The van der Waals surface area contributed by atoms with E-state index in [1.807, 2.05) is 17.0 Å². The van der Waals surface area contributed by atoms with Crippen LogP contribution >= 0.6 is 11.6 Å². The maximum atomic E-state index is 12.8. The second kappa shape index (κ2) is 9.22. The molecule has 2 aromatic carbocycles. The van der Waals surface area contributed by atoms with Crippen LogP contribution in [-0.2, 0) is 12.8 Å². The number of anilines is 1. The van der Waals surface area contributed by atoms with E-state index < -0.39 is 0 Å². The molecule has 164 valence electrons. The molecule has 4 nitrogen and oxygen atoms in total.